The van der Waals surface area contributed by atoms with Gasteiger partial charge in [0, 0.05) is 18.6 Å². The van der Waals surface area contributed by atoms with Crippen LogP contribution in [0.4, 0.5) is 0 Å². The van der Waals surface area contributed by atoms with Crippen LogP contribution < -0.4 is 11.3 Å². The van der Waals surface area contributed by atoms with Crippen LogP contribution in [0.15, 0.2) is 0 Å². The molecule has 1 saturated carbocycles. The molecule has 1 aliphatic rings. The summed E-state index contributed by atoms with van der Waals surface area (Å²) in [5, 5.41) is -0.396. The summed E-state index contributed by atoms with van der Waals surface area (Å²) >= 11 is 0. The number of sulfone groups is 2. The first-order valence-corrected chi connectivity index (χ1v) is 10.6. The zero-order valence-electron chi connectivity index (χ0n) is 12.6. The fraction of sp³-hybridized carbons (Fsp3) is 1.00. The minimum atomic E-state index is -3.31. The number of hydrogen-bond acceptors (Lipinski definition) is 6. The Labute approximate surface area is 122 Å². The quantitative estimate of drug-likeness (QED) is 0.554. The molecular weight excluding hydrogens is 300 g/mol. The molecule has 0 spiro atoms. The van der Waals surface area contributed by atoms with Gasteiger partial charge in [-0.3, -0.25) is 11.3 Å². The molecule has 0 aromatic carbocycles. The van der Waals surface area contributed by atoms with E-state index in [2.05, 4.69) is 5.43 Å². The lowest BCUT2D eigenvalue weighted by molar-refractivity contribution is 0.235. The third-order valence-corrected chi connectivity index (χ3v) is 8.43. The van der Waals surface area contributed by atoms with E-state index in [0.717, 1.165) is 12.8 Å². The van der Waals surface area contributed by atoms with E-state index in [0.29, 0.717) is 12.8 Å². The van der Waals surface area contributed by atoms with E-state index in [1.165, 1.54) is 12.5 Å². The summed E-state index contributed by atoms with van der Waals surface area (Å²) in [5.74, 6) is 5.52. The van der Waals surface area contributed by atoms with Crippen LogP contribution in [0.2, 0.25) is 0 Å². The molecule has 3 N–H and O–H groups in total. The van der Waals surface area contributed by atoms with Crippen molar-refractivity contribution in [3.8, 4) is 0 Å². The summed E-state index contributed by atoms with van der Waals surface area (Å²) < 4.78 is 46.3. The largest absolute Gasteiger partial charge is 0.271 e. The van der Waals surface area contributed by atoms with Gasteiger partial charge < -0.3 is 0 Å². The molecule has 6 nitrogen and oxygen atoms in total. The maximum atomic E-state index is 12.0. The highest BCUT2D eigenvalue weighted by Crippen LogP contribution is 2.36. The third kappa shape index (κ3) is 3.72. The summed E-state index contributed by atoms with van der Waals surface area (Å²) in [7, 11) is -6.41. The molecule has 3 atom stereocenters. The summed E-state index contributed by atoms with van der Waals surface area (Å²) in [6.07, 6.45) is 5.11. The average Bonchev–Trinajstić information content (AvgIpc) is 2.27. The van der Waals surface area contributed by atoms with Gasteiger partial charge in [0.25, 0.3) is 0 Å². The second-order valence-corrected chi connectivity index (χ2v) is 11.3. The average molecular weight is 326 g/mol. The number of hydrazine groups is 1. The van der Waals surface area contributed by atoms with Gasteiger partial charge >= 0.3 is 0 Å². The molecule has 20 heavy (non-hydrogen) atoms. The first-order valence-electron chi connectivity index (χ1n) is 6.76. The van der Waals surface area contributed by atoms with Crippen molar-refractivity contribution in [2.75, 3.05) is 12.5 Å². The SMILES string of the molecule is CC(C)(C(NN)C1CCCC(S(C)(=O)=O)C1)S(C)(=O)=O. The first-order chi connectivity index (χ1) is 8.91. The molecule has 1 aliphatic carbocycles. The van der Waals surface area contributed by atoms with Gasteiger partial charge in [-0.2, -0.15) is 0 Å². The second kappa shape index (κ2) is 5.90. The van der Waals surface area contributed by atoms with Gasteiger partial charge in [-0.15, -0.1) is 0 Å². The highest BCUT2D eigenvalue weighted by molar-refractivity contribution is 7.92. The van der Waals surface area contributed by atoms with E-state index in [9.17, 15) is 16.8 Å². The normalized spacial score (nSPS) is 27.2. The van der Waals surface area contributed by atoms with Crippen LogP contribution in [-0.4, -0.2) is 45.4 Å². The minimum Gasteiger partial charge on any atom is -0.271 e. The van der Waals surface area contributed by atoms with Crippen LogP contribution in [-0.2, 0) is 19.7 Å². The topological polar surface area (TPSA) is 106 Å². The molecule has 0 saturated heterocycles. The summed E-state index contributed by atoms with van der Waals surface area (Å²) in [5.41, 5.74) is 2.62. The van der Waals surface area contributed by atoms with Crippen LogP contribution >= 0.6 is 0 Å². The van der Waals surface area contributed by atoms with Gasteiger partial charge in [-0.05, 0) is 39.0 Å². The van der Waals surface area contributed by atoms with Crippen LogP contribution in [0.1, 0.15) is 39.5 Å². The first kappa shape index (κ1) is 17.9. The predicted octanol–water partition coefficient (Wildman–Crippen LogP) is 0.245. The van der Waals surface area contributed by atoms with Crippen LogP contribution in [0.5, 0.6) is 0 Å². The molecule has 0 aromatic rings. The lowest BCUT2D eigenvalue weighted by Gasteiger charge is -2.41. The molecule has 0 amide bonds. The van der Waals surface area contributed by atoms with Gasteiger partial charge in [0.2, 0.25) is 0 Å². The molecule has 0 aliphatic heterocycles. The van der Waals surface area contributed by atoms with Crippen molar-refractivity contribution in [1.82, 2.24) is 5.43 Å². The van der Waals surface area contributed by atoms with Crippen molar-refractivity contribution >= 4 is 19.7 Å². The van der Waals surface area contributed by atoms with Crippen molar-refractivity contribution in [3.05, 3.63) is 0 Å². The number of hydrogen-bond donors (Lipinski definition) is 2. The summed E-state index contributed by atoms with van der Waals surface area (Å²) in [4.78, 5) is 0. The summed E-state index contributed by atoms with van der Waals surface area (Å²) in [6.45, 7) is 3.27. The molecule has 3 unspecified atom stereocenters. The molecule has 1 rings (SSSR count). The molecule has 120 valence electrons. The minimum absolute atomic E-state index is 0.0572. The lowest BCUT2D eigenvalue weighted by atomic mass is 9.79. The Kier molecular flexibility index (Phi) is 5.27. The lowest BCUT2D eigenvalue weighted by Crippen LogP contribution is -2.58. The van der Waals surface area contributed by atoms with Gasteiger partial charge in [-0.25, -0.2) is 16.8 Å². The zero-order chi connectivity index (χ0) is 15.8. The maximum absolute atomic E-state index is 12.0. The highest BCUT2D eigenvalue weighted by Gasteiger charge is 2.44. The Bertz CT molecular complexity index is 540. The molecule has 8 heteroatoms. The van der Waals surface area contributed by atoms with E-state index in [4.69, 9.17) is 5.84 Å². The fourth-order valence-corrected chi connectivity index (χ4v) is 4.92. The van der Waals surface area contributed by atoms with E-state index in [1.54, 1.807) is 13.8 Å². The molecule has 1 fully saturated rings. The fourth-order valence-electron chi connectivity index (χ4n) is 3.01. The van der Waals surface area contributed by atoms with Gasteiger partial charge in [0.15, 0.2) is 9.84 Å². The van der Waals surface area contributed by atoms with E-state index in [-0.39, 0.29) is 5.92 Å². The molecule has 0 bridgehead atoms. The van der Waals surface area contributed by atoms with Crippen molar-refractivity contribution in [2.45, 2.75) is 55.6 Å². The third-order valence-electron chi connectivity index (χ3n) is 4.63. The van der Waals surface area contributed by atoms with E-state index >= 15 is 0 Å². The second-order valence-electron chi connectivity index (χ2n) is 6.40. The number of nitrogens with two attached hydrogens (primary N) is 1. The number of nitrogens with one attached hydrogen (secondary N) is 1. The Morgan fingerprint density at radius 3 is 2.10 bits per heavy atom. The monoisotopic (exact) mass is 326 g/mol. The highest BCUT2D eigenvalue weighted by atomic mass is 32.2. The molecular formula is C12H26N2O4S2. The molecule has 0 aromatic heterocycles. The smallest absolute Gasteiger partial charge is 0.154 e. The Morgan fingerprint density at radius 1 is 1.15 bits per heavy atom. The number of rotatable bonds is 5. The van der Waals surface area contributed by atoms with Crippen molar-refractivity contribution in [3.63, 3.8) is 0 Å². The van der Waals surface area contributed by atoms with Crippen molar-refractivity contribution < 1.29 is 16.8 Å². The van der Waals surface area contributed by atoms with E-state index in [1.807, 2.05) is 0 Å². The Morgan fingerprint density at radius 2 is 1.70 bits per heavy atom. The van der Waals surface area contributed by atoms with Gasteiger partial charge in [0.05, 0.1) is 10.00 Å². The van der Waals surface area contributed by atoms with Gasteiger partial charge in [0.1, 0.15) is 9.84 Å². The maximum Gasteiger partial charge on any atom is 0.154 e. The standard InChI is InChI=1S/C12H26N2O4S2/c1-12(2,20(4,17)18)11(14-13)9-6-5-7-10(8-9)19(3,15)16/h9-11,14H,5-8,13H2,1-4H3. The van der Waals surface area contributed by atoms with E-state index < -0.39 is 35.7 Å². The van der Waals surface area contributed by atoms with Crippen LogP contribution in [0.25, 0.3) is 0 Å². The van der Waals surface area contributed by atoms with Crippen LogP contribution in [0, 0.1) is 5.92 Å². The Balaban J connectivity index is 3.02. The Hall–Kier alpha value is -0.180. The van der Waals surface area contributed by atoms with Crippen molar-refractivity contribution in [1.29, 1.82) is 0 Å². The zero-order valence-corrected chi connectivity index (χ0v) is 14.2. The molecule has 0 heterocycles. The molecule has 0 radical (unpaired) electrons. The summed E-state index contributed by atoms with van der Waals surface area (Å²) in [6, 6.07) is -0.456. The predicted molar refractivity (Wildman–Crippen MR) is 80.6 cm³/mol. The van der Waals surface area contributed by atoms with Crippen LogP contribution in [0.3, 0.4) is 0 Å². The van der Waals surface area contributed by atoms with Crippen molar-refractivity contribution in [2.24, 2.45) is 11.8 Å². The van der Waals surface area contributed by atoms with Gasteiger partial charge in [-0.1, -0.05) is 6.42 Å².